The quantitative estimate of drug-likeness (QED) is 0.204. The molecule has 0 saturated heterocycles. The third kappa shape index (κ3) is 6.81. The van der Waals surface area contributed by atoms with Crippen molar-refractivity contribution in [3.63, 3.8) is 0 Å². The molecule has 1 aromatic rings. The standard InChI is InChI=1S/C21H30F3N5O2/c1-12(2)18(13-7-8-15(16(22)9-13)21(3,23)24)27-19(14(10-30)17(25)11-31)28-20(26-4)29(5)6/h7-10,12,18,25,27,31H,11H2,1-6H3,(H,26,28)/b19-14+,25-17?. The van der Waals surface area contributed by atoms with Gasteiger partial charge in [0.2, 0.25) is 0 Å². The average molecular weight is 441 g/mol. The molecule has 31 heavy (non-hydrogen) atoms. The van der Waals surface area contributed by atoms with E-state index in [1.807, 2.05) is 13.8 Å². The number of benzene rings is 1. The Morgan fingerprint density at radius 1 is 1.35 bits per heavy atom. The van der Waals surface area contributed by atoms with Gasteiger partial charge in [-0.1, -0.05) is 19.9 Å². The Bertz CT molecular complexity index is 861. The van der Waals surface area contributed by atoms with Crippen molar-refractivity contribution in [2.75, 3.05) is 27.7 Å². The Hall–Kier alpha value is -2.88. The minimum atomic E-state index is -3.33. The van der Waals surface area contributed by atoms with Gasteiger partial charge >= 0.3 is 0 Å². The summed E-state index contributed by atoms with van der Waals surface area (Å²) in [5.74, 6) is -4.22. The molecule has 0 fully saturated rings. The molecule has 0 aliphatic rings. The fourth-order valence-electron chi connectivity index (χ4n) is 2.87. The predicted octanol–water partition coefficient (Wildman–Crippen LogP) is 2.78. The van der Waals surface area contributed by atoms with E-state index in [1.54, 1.807) is 26.0 Å². The maximum Gasteiger partial charge on any atom is 0.273 e. The lowest BCUT2D eigenvalue weighted by atomic mass is 9.94. The van der Waals surface area contributed by atoms with Crippen molar-refractivity contribution >= 4 is 18.0 Å². The van der Waals surface area contributed by atoms with Crippen molar-refractivity contribution in [3.8, 4) is 0 Å². The van der Waals surface area contributed by atoms with Crippen LogP contribution in [-0.2, 0) is 10.7 Å². The molecule has 7 nitrogen and oxygen atoms in total. The molecule has 4 N–H and O–H groups in total. The normalized spacial score (nSPS) is 14.1. The van der Waals surface area contributed by atoms with Crippen molar-refractivity contribution in [3.05, 3.63) is 46.5 Å². The first-order valence-electron chi connectivity index (χ1n) is 9.63. The molecule has 0 aromatic heterocycles. The number of nitrogens with one attached hydrogen (secondary N) is 3. The summed E-state index contributed by atoms with van der Waals surface area (Å²) in [5.41, 5.74) is -0.886. The Labute approximate surface area is 180 Å². The van der Waals surface area contributed by atoms with Crippen LogP contribution in [0.2, 0.25) is 0 Å². The van der Waals surface area contributed by atoms with E-state index in [0.29, 0.717) is 24.7 Å². The number of alkyl halides is 2. The van der Waals surface area contributed by atoms with Gasteiger partial charge in [-0.3, -0.25) is 4.79 Å². The van der Waals surface area contributed by atoms with E-state index in [1.165, 1.54) is 6.07 Å². The van der Waals surface area contributed by atoms with Crippen LogP contribution >= 0.6 is 0 Å². The molecule has 1 unspecified atom stereocenters. The lowest BCUT2D eigenvalue weighted by Crippen LogP contribution is -2.36. The van der Waals surface area contributed by atoms with Gasteiger partial charge in [-0.2, -0.15) is 4.99 Å². The van der Waals surface area contributed by atoms with Crippen LogP contribution in [0.3, 0.4) is 0 Å². The number of halogens is 3. The second-order valence-corrected chi connectivity index (χ2v) is 7.59. The lowest BCUT2D eigenvalue weighted by Gasteiger charge is -2.26. The summed E-state index contributed by atoms with van der Waals surface area (Å²) in [7, 11) is 5.04. The summed E-state index contributed by atoms with van der Waals surface area (Å²) < 4.78 is 41.5. The van der Waals surface area contributed by atoms with Crippen LogP contribution in [0.15, 0.2) is 34.6 Å². The van der Waals surface area contributed by atoms with Crippen molar-refractivity contribution < 1.29 is 23.1 Å². The monoisotopic (exact) mass is 441 g/mol. The summed E-state index contributed by atoms with van der Waals surface area (Å²) in [6, 6.07) is 2.81. The van der Waals surface area contributed by atoms with Crippen LogP contribution in [0.5, 0.6) is 0 Å². The zero-order valence-electron chi connectivity index (χ0n) is 18.6. The van der Waals surface area contributed by atoms with Gasteiger partial charge in [-0.25, -0.2) is 13.2 Å². The van der Waals surface area contributed by atoms with Crippen molar-refractivity contribution in [2.24, 2.45) is 10.9 Å². The van der Waals surface area contributed by atoms with Gasteiger partial charge in [0.25, 0.3) is 5.92 Å². The number of aldehydes is 1. The third-order valence-corrected chi connectivity index (χ3v) is 4.51. The number of aliphatic hydroxyl groups excluding tert-OH is 1. The number of nitrogens with zero attached hydrogens (tertiary/aromatic N) is 2. The van der Waals surface area contributed by atoms with Gasteiger partial charge in [-0.05, 0) is 23.6 Å². The summed E-state index contributed by atoms with van der Waals surface area (Å²) in [5, 5.41) is 23.1. The van der Waals surface area contributed by atoms with Crippen molar-refractivity contribution in [1.29, 1.82) is 5.41 Å². The molecule has 0 heterocycles. The van der Waals surface area contributed by atoms with Crippen LogP contribution in [0, 0.1) is 17.1 Å². The van der Waals surface area contributed by atoms with E-state index in [-0.39, 0.29) is 23.0 Å². The van der Waals surface area contributed by atoms with Gasteiger partial charge in [0.1, 0.15) is 11.6 Å². The van der Waals surface area contributed by atoms with Gasteiger partial charge in [0.05, 0.1) is 29.5 Å². The first-order chi connectivity index (χ1) is 14.4. The maximum absolute atomic E-state index is 14.4. The van der Waals surface area contributed by atoms with Crippen LogP contribution in [0.1, 0.15) is 37.9 Å². The topological polar surface area (TPSA) is 101 Å². The van der Waals surface area contributed by atoms with Gasteiger partial charge in [-0.15, -0.1) is 0 Å². The number of carbonyl (C=O) groups excluding carboxylic acids is 1. The van der Waals surface area contributed by atoms with Crippen LogP contribution in [0.25, 0.3) is 0 Å². The molecular formula is C21H30F3N5O2. The minimum Gasteiger partial charge on any atom is -0.390 e. The SMILES string of the molecule is CN/C(=N\C(NC(c1ccc(C(C)(F)F)c(F)c1)C(C)C)=C(/C=O)C(=N)CO)N(C)C. The highest BCUT2D eigenvalue weighted by molar-refractivity contribution is 6.14. The fourth-order valence-corrected chi connectivity index (χ4v) is 2.87. The second kappa shape index (κ2) is 10.9. The highest BCUT2D eigenvalue weighted by atomic mass is 19.3. The third-order valence-electron chi connectivity index (χ3n) is 4.51. The van der Waals surface area contributed by atoms with E-state index >= 15 is 0 Å². The average Bonchev–Trinajstić information content (AvgIpc) is 2.67. The summed E-state index contributed by atoms with van der Waals surface area (Å²) in [6.45, 7) is 3.58. The molecule has 0 bridgehead atoms. The Balaban J connectivity index is 3.59. The number of rotatable bonds is 9. The number of hydrogen-bond donors (Lipinski definition) is 4. The van der Waals surface area contributed by atoms with E-state index in [9.17, 15) is 23.1 Å². The molecular weight excluding hydrogens is 411 g/mol. The zero-order chi connectivity index (χ0) is 23.9. The maximum atomic E-state index is 14.4. The number of guanidine groups is 1. The summed E-state index contributed by atoms with van der Waals surface area (Å²) in [6.07, 6.45) is 0.395. The fraction of sp³-hybridized carbons (Fsp3) is 0.476. The molecule has 0 saturated carbocycles. The number of aliphatic imine (C=N–C) groups is 1. The molecule has 0 spiro atoms. The molecule has 10 heteroatoms. The molecule has 0 radical (unpaired) electrons. The second-order valence-electron chi connectivity index (χ2n) is 7.59. The van der Waals surface area contributed by atoms with Crippen LogP contribution < -0.4 is 10.6 Å². The van der Waals surface area contributed by atoms with Crippen LogP contribution in [0.4, 0.5) is 13.2 Å². The molecule has 1 rings (SSSR count). The number of carbonyl (C=O) groups is 1. The predicted molar refractivity (Wildman–Crippen MR) is 115 cm³/mol. The minimum absolute atomic E-state index is 0.0175. The smallest absolute Gasteiger partial charge is 0.273 e. The first kappa shape index (κ1) is 26.2. The highest BCUT2D eigenvalue weighted by Gasteiger charge is 2.29. The number of aliphatic hydroxyl groups is 1. The van der Waals surface area contributed by atoms with Gasteiger partial charge in [0, 0.05) is 28.1 Å². The largest absolute Gasteiger partial charge is 0.390 e. The van der Waals surface area contributed by atoms with Gasteiger partial charge in [0.15, 0.2) is 12.2 Å². The Morgan fingerprint density at radius 2 is 1.97 bits per heavy atom. The molecule has 0 aliphatic heterocycles. The molecule has 1 aromatic carbocycles. The van der Waals surface area contributed by atoms with Gasteiger partial charge < -0.3 is 26.0 Å². The summed E-state index contributed by atoms with van der Waals surface area (Å²) in [4.78, 5) is 17.7. The summed E-state index contributed by atoms with van der Waals surface area (Å²) >= 11 is 0. The van der Waals surface area contributed by atoms with E-state index in [0.717, 1.165) is 12.1 Å². The van der Waals surface area contributed by atoms with Crippen molar-refractivity contribution in [2.45, 2.75) is 32.7 Å². The van der Waals surface area contributed by atoms with E-state index < -0.39 is 30.0 Å². The molecule has 0 aliphatic carbocycles. The highest BCUT2D eigenvalue weighted by Crippen LogP contribution is 2.32. The van der Waals surface area contributed by atoms with Crippen LogP contribution in [-0.4, -0.2) is 55.7 Å². The lowest BCUT2D eigenvalue weighted by molar-refractivity contribution is -0.104. The molecule has 172 valence electrons. The van der Waals surface area contributed by atoms with E-state index in [2.05, 4.69) is 15.6 Å². The molecule has 0 amide bonds. The number of hydrogen-bond acceptors (Lipinski definition) is 5. The van der Waals surface area contributed by atoms with E-state index in [4.69, 9.17) is 5.41 Å². The zero-order valence-corrected chi connectivity index (χ0v) is 18.6. The Morgan fingerprint density at radius 3 is 2.35 bits per heavy atom. The Kier molecular flexibility index (Phi) is 9.23. The van der Waals surface area contributed by atoms with Crippen molar-refractivity contribution in [1.82, 2.24) is 15.5 Å². The molecule has 1 atom stereocenters. The first-order valence-corrected chi connectivity index (χ1v) is 9.63.